The molecule has 0 aliphatic carbocycles. The van der Waals surface area contributed by atoms with Gasteiger partial charge in [-0.1, -0.05) is 36.4 Å². The maximum Gasteiger partial charge on any atom is 0.333 e. The Labute approximate surface area is 117 Å². The summed E-state index contributed by atoms with van der Waals surface area (Å²) in [5.41, 5.74) is 0.506. The van der Waals surface area contributed by atoms with Crippen LogP contribution in [0.4, 0.5) is 0 Å². The Morgan fingerprint density at radius 1 is 0.950 bits per heavy atom. The van der Waals surface area contributed by atoms with Gasteiger partial charge in [-0.25, -0.2) is 4.79 Å². The fourth-order valence-corrected chi connectivity index (χ4v) is 1.62. The molecule has 4 nitrogen and oxygen atoms in total. The Morgan fingerprint density at radius 3 is 2.10 bits per heavy atom. The van der Waals surface area contributed by atoms with Crippen LogP contribution in [0.25, 0.3) is 0 Å². The molecule has 2 rings (SSSR count). The van der Waals surface area contributed by atoms with Crippen LogP contribution in [0.3, 0.4) is 0 Å². The van der Waals surface area contributed by atoms with E-state index >= 15 is 0 Å². The van der Waals surface area contributed by atoms with Crippen molar-refractivity contribution < 1.29 is 14.3 Å². The number of para-hydroxylation sites is 1. The van der Waals surface area contributed by atoms with Crippen LogP contribution in [0, 0.1) is 0 Å². The molecule has 0 radical (unpaired) electrons. The summed E-state index contributed by atoms with van der Waals surface area (Å²) in [6, 6.07) is 16.8. The lowest BCUT2D eigenvalue weighted by molar-refractivity contribution is -0.136. The van der Waals surface area contributed by atoms with E-state index in [1.807, 2.05) is 12.1 Å². The minimum absolute atomic E-state index is 0.303. The third-order valence-electron chi connectivity index (χ3n) is 2.70. The van der Waals surface area contributed by atoms with E-state index in [1.165, 1.54) is 0 Å². The predicted molar refractivity (Wildman–Crippen MR) is 75.4 cm³/mol. The van der Waals surface area contributed by atoms with Crippen molar-refractivity contribution in [3.05, 3.63) is 66.2 Å². The molecule has 0 saturated heterocycles. The molecule has 1 N–H and O–H groups in total. The lowest BCUT2D eigenvalue weighted by Crippen LogP contribution is -2.40. The van der Waals surface area contributed by atoms with Crippen molar-refractivity contribution in [2.75, 3.05) is 0 Å². The summed E-state index contributed by atoms with van der Waals surface area (Å²) in [5, 5.41) is 2.60. The standard InChI is InChI=1S/C16H15NO3/c1-12(16(19)20-14-10-6-3-7-11-14)17-15(18)13-8-4-2-5-9-13/h2-12H,1H3,(H,17,18). The van der Waals surface area contributed by atoms with Crippen LogP contribution >= 0.6 is 0 Å². The van der Waals surface area contributed by atoms with Crippen LogP contribution in [0.2, 0.25) is 0 Å². The minimum Gasteiger partial charge on any atom is -0.425 e. The summed E-state index contributed by atoms with van der Waals surface area (Å²) in [6.07, 6.45) is 0. The van der Waals surface area contributed by atoms with Gasteiger partial charge >= 0.3 is 5.97 Å². The van der Waals surface area contributed by atoms with Gasteiger partial charge in [0.1, 0.15) is 11.8 Å². The summed E-state index contributed by atoms with van der Waals surface area (Å²) < 4.78 is 5.16. The Bertz CT molecular complexity index is 581. The van der Waals surface area contributed by atoms with Gasteiger partial charge < -0.3 is 10.1 Å². The van der Waals surface area contributed by atoms with Gasteiger partial charge in [-0.05, 0) is 31.2 Å². The van der Waals surface area contributed by atoms with Crippen molar-refractivity contribution in [3.63, 3.8) is 0 Å². The van der Waals surface area contributed by atoms with E-state index in [0.29, 0.717) is 11.3 Å². The number of hydrogen-bond acceptors (Lipinski definition) is 3. The van der Waals surface area contributed by atoms with Crippen LogP contribution in [-0.2, 0) is 4.79 Å². The molecule has 0 heterocycles. The molecule has 0 aromatic heterocycles. The predicted octanol–water partition coefficient (Wildman–Crippen LogP) is 2.41. The summed E-state index contributed by atoms with van der Waals surface area (Å²) in [6.45, 7) is 1.59. The van der Waals surface area contributed by atoms with Gasteiger partial charge in [0.05, 0.1) is 0 Å². The number of nitrogens with one attached hydrogen (secondary N) is 1. The number of rotatable bonds is 4. The molecule has 20 heavy (non-hydrogen) atoms. The third-order valence-corrected chi connectivity index (χ3v) is 2.70. The van der Waals surface area contributed by atoms with Crippen molar-refractivity contribution in [3.8, 4) is 5.75 Å². The van der Waals surface area contributed by atoms with Crippen molar-refractivity contribution in [2.45, 2.75) is 13.0 Å². The smallest absolute Gasteiger partial charge is 0.333 e. The minimum atomic E-state index is -0.720. The zero-order valence-corrected chi connectivity index (χ0v) is 11.1. The van der Waals surface area contributed by atoms with E-state index in [4.69, 9.17) is 4.74 Å². The number of esters is 1. The van der Waals surface area contributed by atoms with Gasteiger partial charge in [-0.3, -0.25) is 4.79 Å². The molecule has 0 bridgehead atoms. The molecule has 4 heteroatoms. The van der Waals surface area contributed by atoms with Crippen LogP contribution in [0.1, 0.15) is 17.3 Å². The monoisotopic (exact) mass is 269 g/mol. The topological polar surface area (TPSA) is 55.4 Å². The van der Waals surface area contributed by atoms with Gasteiger partial charge in [0.15, 0.2) is 0 Å². The lowest BCUT2D eigenvalue weighted by Gasteiger charge is -2.13. The van der Waals surface area contributed by atoms with Crippen LogP contribution < -0.4 is 10.1 Å². The lowest BCUT2D eigenvalue weighted by atomic mass is 10.2. The Morgan fingerprint density at radius 2 is 1.50 bits per heavy atom. The van der Waals surface area contributed by atoms with Gasteiger partial charge in [-0.2, -0.15) is 0 Å². The van der Waals surface area contributed by atoms with Crippen molar-refractivity contribution in [1.29, 1.82) is 0 Å². The third kappa shape index (κ3) is 3.68. The highest BCUT2D eigenvalue weighted by molar-refractivity contribution is 5.96. The number of hydrogen-bond donors (Lipinski definition) is 1. The Kier molecular flexibility index (Phi) is 4.50. The first-order valence-electron chi connectivity index (χ1n) is 6.29. The van der Waals surface area contributed by atoms with E-state index in [-0.39, 0.29) is 5.91 Å². The van der Waals surface area contributed by atoms with E-state index < -0.39 is 12.0 Å². The Balaban J connectivity index is 1.93. The van der Waals surface area contributed by atoms with E-state index in [9.17, 15) is 9.59 Å². The fraction of sp³-hybridized carbons (Fsp3) is 0.125. The summed E-state index contributed by atoms with van der Waals surface area (Å²) in [7, 11) is 0. The quantitative estimate of drug-likeness (QED) is 0.685. The molecule has 0 aliphatic rings. The molecule has 0 aliphatic heterocycles. The van der Waals surface area contributed by atoms with Crippen molar-refractivity contribution in [1.82, 2.24) is 5.32 Å². The summed E-state index contributed by atoms with van der Waals surface area (Å²) >= 11 is 0. The van der Waals surface area contributed by atoms with Crippen LogP contribution in [-0.4, -0.2) is 17.9 Å². The van der Waals surface area contributed by atoms with Crippen LogP contribution in [0.15, 0.2) is 60.7 Å². The average Bonchev–Trinajstić information content (AvgIpc) is 2.49. The molecule has 1 unspecified atom stereocenters. The Hall–Kier alpha value is -2.62. The second-order valence-corrected chi connectivity index (χ2v) is 4.30. The van der Waals surface area contributed by atoms with Crippen molar-refractivity contribution in [2.24, 2.45) is 0 Å². The first kappa shape index (κ1) is 13.8. The van der Waals surface area contributed by atoms with Gasteiger partial charge in [0, 0.05) is 5.56 Å². The van der Waals surface area contributed by atoms with Crippen LogP contribution in [0.5, 0.6) is 5.75 Å². The average molecular weight is 269 g/mol. The number of benzene rings is 2. The SMILES string of the molecule is CC(NC(=O)c1ccccc1)C(=O)Oc1ccccc1. The molecule has 2 aromatic rings. The first-order valence-corrected chi connectivity index (χ1v) is 6.29. The maximum atomic E-state index is 11.9. The second-order valence-electron chi connectivity index (χ2n) is 4.30. The molecule has 0 spiro atoms. The largest absolute Gasteiger partial charge is 0.425 e. The highest BCUT2D eigenvalue weighted by Gasteiger charge is 2.18. The van der Waals surface area contributed by atoms with E-state index in [1.54, 1.807) is 55.5 Å². The first-order chi connectivity index (χ1) is 9.66. The molecule has 1 amide bonds. The van der Waals surface area contributed by atoms with Crippen molar-refractivity contribution >= 4 is 11.9 Å². The number of amides is 1. The number of carbonyl (C=O) groups is 2. The zero-order chi connectivity index (χ0) is 14.4. The number of carbonyl (C=O) groups excluding carboxylic acids is 2. The second kappa shape index (κ2) is 6.52. The fourth-order valence-electron chi connectivity index (χ4n) is 1.62. The normalized spacial score (nSPS) is 11.4. The van der Waals surface area contributed by atoms with E-state index in [2.05, 4.69) is 5.32 Å². The molecule has 1 atom stereocenters. The molecular formula is C16H15NO3. The summed E-state index contributed by atoms with van der Waals surface area (Å²) in [4.78, 5) is 23.7. The molecule has 0 fully saturated rings. The van der Waals surface area contributed by atoms with E-state index in [0.717, 1.165) is 0 Å². The van der Waals surface area contributed by atoms with Gasteiger partial charge in [0.2, 0.25) is 0 Å². The van der Waals surface area contributed by atoms with Gasteiger partial charge in [0.25, 0.3) is 5.91 Å². The highest BCUT2D eigenvalue weighted by atomic mass is 16.5. The molecular weight excluding hydrogens is 254 g/mol. The molecule has 2 aromatic carbocycles. The molecule has 102 valence electrons. The zero-order valence-electron chi connectivity index (χ0n) is 11.1. The summed E-state index contributed by atoms with van der Waals surface area (Å²) in [5.74, 6) is -0.345. The van der Waals surface area contributed by atoms with Gasteiger partial charge in [-0.15, -0.1) is 0 Å². The highest BCUT2D eigenvalue weighted by Crippen LogP contribution is 2.09. The molecule has 0 saturated carbocycles. The number of ether oxygens (including phenoxy) is 1. The maximum absolute atomic E-state index is 11.9.